The van der Waals surface area contributed by atoms with Crippen molar-refractivity contribution in [3.8, 4) is 5.69 Å². The van der Waals surface area contributed by atoms with Crippen LogP contribution < -0.4 is 10.6 Å². The second-order valence-corrected chi connectivity index (χ2v) is 10.4. The maximum absolute atomic E-state index is 13.3. The van der Waals surface area contributed by atoms with Crippen LogP contribution in [0.3, 0.4) is 0 Å². The predicted octanol–water partition coefficient (Wildman–Crippen LogP) is 5.83. The van der Waals surface area contributed by atoms with E-state index in [1.807, 2.05) is 97.9 Å². The van der Waals surface area contributed by atoms with Crippen LogP contribution in [0.1, 0.15) is 43.2 Å². The molecule has 1 heterocycles. The SMILES string of the molecule is Cc1cccc(-n2nc(C(C)(C)C)cc2NC(=O)CN(Cc2ccccc2)C(=O)NCc2ccccc2)c1. The smallest absolute Gasteiger partial charge is 0.318 e. The van der Waals surface area contributed by atoms with E-state index < -0.39 is 0 Å². The van der Waals surface area contributed by atoms with Crippen molar-refractivity contribution in [3.05, 3.63) is 113 Å². The molecule has 0 aliphatic carbocycles. The summed E-state index contributed by atoms with van der Waals surface area (Å²) in [4.78, 5) is 28.0. The van der Waals surface area contributed by atoms with Gasteiger partial charge in [0.1, 0.15) is 12.4 Å². The third kappa shape index (κ3) is 7.09. The molecule has 0 saturated heterocycles. The molecule has 4 rings (SSSR count). The number of carbonyl (C=O) groups is 2. The molecule has 1 aromatic heterocycles. The molecule has 0 atom stereocenters. The van der Waals surface area contributed by atoms with Crippen LogP contribution in [0.15, 0.2) is 91.0 Å². The molecular weight excluding hydrogens is 474 g/mol. The van der Waals surface area contributed by atoms with E-state index in [0.29, 0.717) is 18.9 Å². The third-order valence-corrected chi connectivity index (χ3v) is 6.12. The Bertz CT molecular complexity index is 1370. The van der Waals surface area contributed by atoms with Crippen LogP contribution in [-0.4, -0.2) is 33.2 Å². The van der Waals surface area contributed by atoms with E-state index in [1.165, 1.54) is 4.90 Å². The fourth-order valence-electron chi connectivity index (χ4n) is 4.04. The Morgan fingerprint density at radius 2 is 1.53 bits per heavy atom. The first-order valence-corrected chi connectivity index (χ1v) is 12.8. The lowest BCUT2D eigenvalue weighted by molar-refractivity contribution is -0.116. The molecule has 4 aromatic rings. The highest BCUT2D eigenvalue weighted by Crippen LogP contribution is 2.26. The van der Waals surface area contributed by atoms with Crippen molar-refractivity contribution in [2.45, 2.75) is 46.2 Å². The molecule has 38 heavy (non-hydrogen) atoms. The number of carbonyl (C=O) groups excluding carboxylic acids is 2. The van der Waals surface area contributed by atoms with Crippen molar-refractivity contribution >= 4 is 17.8 Å². The Morgan fingerprint density at radius 3 is 2.16 bits per heavy atom. The van der Waals surface area contributed by atoms with Gasteiger partial charge in [-0.1, -0.05) is 93.6 Å². The van der Waals surface area contributed by atoms with E-state index in [4.69, 9.17) is 5.10 Å². The van der Waals surface area contributed by atoms with Gasteiger partial charge in [0.05, 0.1) is 11.4 Å². The van der Waals surface area contributed by atoms with Crippen molar-refractivity contribution in [2.75, 3.05) is 11.9 Å². The normalized spacial score (nSPS) is 11.2. The Kier molecular flexibility index (Phi) is 8.26. The number of hydrogen-bond acceptors (Lipinski definition) is 3. The van der Waals surface area contributed by atoms with Crippen molar-refractivity contribution in [1.82, 2.24) is 20.0 Å². The molecule has 196 valence electrons. The summed E-state index contributed by atoms with van der Waals surface area (Å²) in [6.45, 7) is 8.84. The minimum absolute atomic E-state index is 0.112. The summed E-state index contributed by atoms with van der Waals surface area (Å²) in [5, 5.41) is 10.8. The maximum atomic E-state index is 13.3. The van der Waals surface area contributed by atoms with Gasteiger partial charge in [0, 0.05) is 24.6 Å². The molecule has 0 fully saturated rings. The zero-order valence-corrected chi connectivity index (χ0v) is 22.4. The number of amides is 3. The number of nitrogens with zero attached hydrogens (tertiary/aromatic N) is 3. The Hall–Kier alpha value is -4.39. The van der Waals surface area contributed by atoms with Gasteiger partial charge in [-0.15, -0.1) is 0 Å². The Balaban J connectivity index is 1.54. The first-order chi connectivity index (χ1) is 18.2. The molecule has 0 unspecified atom stereocenters. The summed E-state index contributed by atoms with van der Waals surface area (Å²) in [5.41, 5.74) is 4.53. The second kappa shape index (κ2) is 11.8. The fraction of sp³-hybridized carbons (Fsp3) is 0.258. The highest BCUT2D eigenvalue weighted by Gasteiger charge is 2.23. The standard InChI is InChI=1S/C31H35N5O2/c1-23-12-11-17-26(18-23)36-28(19-27(34-36)31(2,3)4)33-29(37)22-35(21-25-15-9-6-10-16-25)30(38)32-20-24-13-7-5-8-14-24/h5-19H,20-22H2,1-4H3,(H,32,38)(H,33,37). The second-order valence-electron chi connectivity index (χ2n) is 10.4. The third-order valence-electron chi connectivity index (χ3n) is 6.12. The summed E-state index contributed by atoms with van der Waals surface area (Å²) in [7, 11) is 0. The highest BCUT2D eigenvalue weighted by atomic mass is 16.2. The number of rotatable bonds is 8. The average molecular weight is 510 g/mol. The van der Waals surface area contributed by atoms with E-state index in [1.54, 1.807) is 4.68 Å². The lowest BCUT2D eigenvalue weighted by atomic mass is 9.92. The number of anilines is 1. The predicted molar refractivity (Wildman–Crippen MR) is 151 cm³/mol. The van der Waals surface area contributed by atoms with Gasteiger partial charge in [0.15, 0.2) is 0 Å². The van der Waals surface area contributed by atoms with Crippen LogP contribution >= 0.6 is 0 Å². The molecule has 0 aliphatic heterocycles. The number of aromatic nitrogens is 2. The lowest BCUT2D eigenvalue weighted by Gasteiger charge is -2.23. The van der Waals surface area contributed by atoms with Crippen LogP contribution in [0.5, 0.6) is 0 Å². The number of urea groups is 1. The first-order valence-electron chi connectivity index (χ1n) is 12.8. The van der Waals surface area contributed by atoms with Crippen LogP contribution in [0, 0.1) is 6.92 Å². The van der Waals surface area contributed by atoms with E-state index in [2.05, 4.69) is 31.4 Å². The summed E-state index contributed by atoms with van der Waals surface area (Å²) in [6.07, 6.45) is 0. The largest absolute Gasteiger partial charge is 0.334 e. The topological polar surface area (TPSA) is 79.3 Å². The summed E-state index contributed by atoms with van der Waals surface area (Å²) < 4.78 is 1.75. The van der Waals surface area contributed by atoms with Gasteiger partial charge < -0.3 is 15.5 Å². The van der Waals surface area contributed by atoms with Gasteiger partial charge in [-0.3, -0.25) is 4.79 Å². The molecule has 0 aliphatic rings. The van der Waals surface area contributed by atoms with Gasteiger partial charge in [-0.05, 0) is 35.7 Å². The molecule has 7 nitrogen and oxygen atoms in total. The van der Waals surface area contributed by atoms with Crippen LogP contribution in [0.2, 0.25) is 0 Å². The number of benzene rings is 3. The maximum Gasteiger partial charge on any atom is 0.318 e. The average Bonchev–Trinajstić information content (AvgIpc) is 3.32. The lowest BCUT2D eigenvalue weighted by Crippen LogP contribution is -2.43. The van der Waals surface area contributed by atoms with E-state index in [0.717, 1.165) is 28.1 Å². The molecule has 0 bridgehead atoms. The molecule has 0 saturated carbocycles. The van der Waals surface area contributed by atoms with E-state index in [-0.39, 0.29) is 23.9 Å². The van der Waals surface area contributed by atoms with Crippen LogP contribution in [-0.2, 0) is 23.3 Å². The monoisotopic (exact) mass is 509 g/mol. The van der Waals surface area contributed by atoms with Crippen molar-refractivity contribution in [2.24, 2.45) is 0 Å². The van der Waals surface area contributed by atoms with Gasteiger partial charge in [-0.2, -0.15) is 5.10 Å². The van der Waals surface area contributed by atoms with Crippen LogP contribution in [0.25, 0.3) is 5.69 Å². The van der Waals surface area contributed by atoms with Crippen molar-refractivity contribution in [1.29, 1.82) is 0 Å². The Labute approximate surface area is 224 Å². The highest BCUT2D eigenvalue weighted by molar-refractivity contribution is 5.94. The molecule has 2 N–H and O–H groups in total. The number of nitrogens with one attached hydrogen (secondary N) is 2. The molecule has 3 amide bonds. The zero-order valence-electron chi connectivity index (χ0n) is 22.4. The molecule has 7 heteroatoms. The first kappa shape index (κ1) is 26.7. The molecule has 0 radical (unpaired) electrons. The minimum Gasteiger partial charge on any atom is -0.334 e. The molecular formula is C31H35N5O2. The number of hydrogen-bond donors (Lipinski definition) is 2. The van der Waals surface area contributed by atoms with Crippen molar-refractivity contribution < 1.29 is 9.59 Å². The quantitative estimate of drug-likeness (QED) is 0.314. The van der Waals surface area contributed by atoms with E-state index in [9.17, 15) is 9.59 Å². The Morgan fingerprint density at radius 1 is 0.868 bits per heavy atom. The van der Waals surface area contributed by atoms with Gasteiger partial charge >= 0.3 is 6.03 Å². The van der Waals surface area contributed by atoms with Gasteiger partial charge in [0.25, 0.3) is 0 Å². The van der Waals surface area contributed by atoms with Gasteiger partial charge in [0.2, 0.25) is 5.91 Å². The van der Waals surface area contributed by atoms with Gasteiger partial charge in [-0.25, -0.2) is 9.48 Å². The zero-order chi connectivity index (χ0) is 27.1. The summed E-state index contributed by atoms with van der Waals surface area (Å²) in [5.74, 6) is 0.264. The summed E-state index contributed by atoms with van der Waals surface area (Å²) in [6, 6.07) is 28.9. The molecule has 0 spiro atoms. The summed E-state index contributed by atoms with van der Waals surface area (Å²) >= 11 is 0. The molecule has 3 aromatic carbocycles. The minimum atomic E-state index is -0.310. The fourth-order valence-corrected chi connectivity index (χ4v) is 4.04. The van der Waals surface area contributed by atoms with Crippen LogP contribution in [0.4, 0.5) is 10.6 Å². The van der Waals surface area contributed by atoms with Crippen molar-refractivity contribution in [3.63, 3.8) is 0 Å². The number of aryl methyl sites for hydroxylation is 1. The van der Waals surface area contributed by atoms with E-state index >= 15 is 0 Å².